The second kappa shape index (κ2) is 5.19. The van der Waals surface area contributed by atoms with Crippen LogP contribution in [0.25, 0.3) is 0 Å². The number of rotatable bonds is 2. The summed E-state index contributed by atoms with van der Waals surface area (Å²) in [6.07, 6.45) is 0. The summed E-state index contributed by atoms with van der Waals surface area (Å²) in [6, 6.07) is 5.30. The lowest BCUT2D eigenvalue weighted by atomic mass is 10.2. The highest BCUT2D eigenvalue weighted by Crippen LogP contribution is 2.21. The maximum Gasteiger partial charge on any atom is 0.307 e. The molecule has 4 nitrogen and oxygen atoms in total. The fourth-order valence-corrected chi connectivity index (χ4v) is 2.65. The molecular weight excluding hydrogens is 284 g/mol. The molecule has 0 atom stereocenters. The van der Waals surface area contributed by atoms with Crippen LogP contribution in [0, 0.1) is 13.8 Å². The van der Waals surface area contributed by atoms with Crippen LogP contribution in [0.15, 0.2) is 23.0 Å². The van der Waals surface area contributed by atoms with Crippen molar-refractivity contribution in [3.63, 3.8) is 0 Å². The van der Waals surface area contributed by atoms with Gasteiger partial charge in [-0.05, 0) is 31.5 Å². The minimum Gasteiger partial charge on any atom is -0.321 e. The molecule has 0 radical (unpaired) electrons. The van der Waals surface area contributed by atoms with Gasteiger partial charge in [0.25, 0.3) is 5.91 Å². The molecule has 1 N–H and O–H groups in total. The van der Waals surface area contributed by atoms with Crippen LogP contribution in [0.1, 0.15) is 20.9 Å². The summed E-state index contributed by atoms with van der Waals surface area (Å²) in [5.74, 6) is -0.292. The zero-order chi connectivity index (χ0) is 14.2. The molecule has 0 aliphatic carbocycles. The van der Waals surface area contributed by atoms with Crippen molar-refractivity contribution in [2.45, 2.75) is 13.8 Å². The molecule has 0 saturated heterocycles. The minimum atomic E-state index is -0.292. The molecule has 0 aliphatic rings. The van der Waals surface area contributed by atoms with Crippen LogP contribution >= 0.6 is 22.9 Å². The highest BCUT2D eigenvalue weighted by atomic mass is 35.5. The molecule has 0 aliphatic heterocycles. The Hall–Kier alpha value is -1.59. The van der Waals surface area contributed by atoms with E-state index in [1.165, 1.54) is 4.57 Å². The third-order valence-corrected chi connectivity index (χ3v) is 4.47. The molecule has 0 unspecified atom stereocenters. The predicted octanol–water partition coefficient (Wildman–Crippen LogP) is 2.97. The van der Waals surface area contributed by atoms with Gasteiger partial charge in [0.15, 0.2) is 0 Å². The number of hydrogen-bond acceptors (Lipinski definition) is 3. The molecule has 2 rings (SSSR count). The third-order valence-electron chi connectivity index (χ3n) is 2.93. The number of thiazole rings is 1. The Morgan fingerprint density at radius 1 is 1.37 bits per heavy atom. The van der Waals surface area contributed by atoms with Gasteiger partial charge in [0, 0.05) is 23.5 Å². The number of hydrogen-bond donors (Lipinski definition) is 1. The minimum absolute atomic E-state index is 0.149. The number of halogens is 1. The molecule has 1 amide bonds. The SMILES string of the molecule is Cc1ccc(NC(=O)c2sc(=O)n(C)c2C)cc1Cl. The normalized spacial score (nSPS) is 10.5. The van der Waals surface area contributed by atoms with Gasteiger partial charge in [-0.1, -0.05) is 29.0 Å². The summed E-state index contributed by atoms with van der Waals surface area (Å²) in [5, 5.41) is 3.34. The second-order valence-electron chi connectivity index (χ2n) is 4.26. The Kier molecular flexibility index (Phi) is 3.78. The van der Waals surface area contributed by atoms with Gasteiger partial charge in [-0.3, -0.25) is 9.59 Å². The number of benzene rings is 1. The summed E-state index contributed by atoms with van der Waals surface area (Å²) < 4.78 is 1.46. The molecule has 0 bridgehead atoms. The first-order chi connectivity index (χ1) is 8.90. The molecule has 6 heteroatoms. The second-order valence-corrected chi connectivity index (χ2v) is 5.63. The Balaban J connectivity index is 2.28. The van der Waals surface area contributed by atoms with Gasteiger partial charge < -0.3 is 9.88 Å². The van der Waals surface area contributed by atoms with Gasteiger partial charge in [-0.15, -0.1) is 0 Å². The van der Waals surface area contributed by atoms with Crippen LogP contribution in [0.4, 0.5) is 5.69 Å². The van der Waals surface area contributed by atoms with E-state index in [0.29, 0.717) is 21.3 Å². The van der Waals surface area contributed by atoms with Gasteiger partial charge in [-0.2, -0.15) is 0 Å². The Morgan fingerprint density at radius 2 is 2.05 bits per heavy atom. The van der Waals surface area contributed by atoms with E-state index in [-0.39, 0.29) is 10.8 Å². The molecule has 100 valence electrons. The lowest BCUT2D eigenvalue weighted by Crippen LogP contribution is -2.12. The van der Waals surface area contributed by atoms with Gasteiger partial charge in [0.05, 0.1) is 0 Å². The van der Waals surface area contributed by atoms with Gasteiger partial charge in [0.1, 0.15) is 4.88 Å². The molecule has 0 saturated carbocycles. The van der Waals surface area contributed by atoms with Crippen LogP contribution in [0.5, 0.6) is 0 Å². The number of nitrogens with one attached hydrogen (secondary N) is 1. The largest absolute Gasteiger partial charge is 0.321 e. The number of amides is 1. The number of aryl methyl sites for hydroxylation is 1. The number of carbonyl (C=O) groups is 1. The fraction of sp³-hybridized carbons (Fsp3) is 0.231. The highest BCUT2D eigenvalue weighted by Gasteiger charge is 2.16. The van der Waals surface area contributed by atoms with E-state index in [1.807, 2.05) is 13.0 Å². The average molecular weight is 297 g/mol. The first-order valence-electron chi connectivity index (χ1n) is 5.64. The monoisotopic (exact) mass is 296 g/mol. The number of aromatic nitrogens is 1. The standard InChI is InChI=1S/C13H13ClN2O2S/c1-7-4-5-9(6-10(7)14)15-12(17)11-8(2)16(3)13(18)19-11/h4-6H,1-3H3,(H,15,17). The van der Waals surface area contributed by atoms with E-state index < -0.39 is 0 Å². The van der Waals surface area contributed by atoms with Crippen molar-refractivity contribution in [1.29, 1.82) is 0 Å². The molecular formula is C13H13ClN2O2S. The predicted molar refractivity (Wildman–Crippen MR) is 78.4 cm³/mol. The van der Waals surface area contributed by atoms with Gasteiger partial charge in [0.2, 0.25) is 0 Å². The van der Waals surface area contributed by atoms with Gasteiger partial charge >= 0.3 is 4.87 Å². The first kappa shape index (κ1) is 13.8. The van der Waals surface area contributed by atoms with Crippen LogP contribution in [-0.2, 0) is 7.05 Å². The Labute approximate surface area is 119 Å². The Morgan fingerprint density at radius 3 is 2.58 bits per heavy atom. The summed E-state index contributed by atoms with van der Waals surface area (Å²) in [4.78, 5) is 23.9. The number of anilines is 1. The van der Waals surface area contributed by atoms with Crippen molar-refractivity contribution in [2.75, 3.05) is 5.32 Å². The molecule has 1 aromatic carbocycles. The van der Waals surface area contributed by atoms with E-state index in [1.54, 1.807) is 26.1 Å². The van der Waals surface area contributed by atoms with E-state index in [0.717, 1.165) is 16.9 Å². The van der Waals surface area contributed by atoms with Crippen molar-refractivity contribution in [2.24, 2.45) is 7.05 Å². The van der Waals surface area contributed by atoms with E-state index in [4.69, 9.17) is 11.6 Å². The van der Waals surface area contributed by atoms with E-state index in [2.05, 4.69) is 5.32 Å². The Bertz CT molecular complexity index is 703. The zero-order valence-electron chi connectivity index (χ0n) is 10.8. The van der Waals surface area contributed by atoms with Crippen molar-refractivity contribution < 1.29 is 4.79 Å². The topological polar surface area (TPSA) is 51.1 Å². The fourth-order valence-electron chi connectivity index (χ4n) is 1.59. The van der Waals surface area contributed by atoms with Crippen molar-refractivity contribution in [3.05, 3.63) is 49.0 Å². The molecule has 0 fully saturated rings. The van der Waals surface area contributed by atoms with E-state index in [9.17, 15) is 9.59 Å². The summed E-state index contributed by atoms with van der Waals surface area (Å²) >= 11 is 6.94. The zero-order valence-corrected chi connectivity index (χ0v) is 12.4. The van der Waals surface area contributed by atoms with E-state index >= 15 is 0 Å². The van der Waals surface area contributed by atoms with Crippen molar-refractivity contribution >= 4 is 34.5 Å². The average Bonchev–Trinajstić information content (AvgIpc) is 2.62. The highest BCUT2D eigenvalue weighted by molar-refractivity contribution is 7.11. The van der Waals surface area contributed by atoms with Crippen LogP contribution in [-0.4, -0.2) is 10.5 Å². The molecule has 0 spiro atoms. The lowest BCUT2D eigenvalue weighted by molar-refractivity contribution is 0.102. The summed E-state index contributed by atoms with van der Waals surface area (Å²) in [7, 11) is 1.65. The van der Waals surface area contributed by atoms with Crippen LogP contribution in [0.3, 0.4) is 0 Å². The van der Waals surface area contributed by atoms with Crippen LogP contribution < -0.4 is 10.2 Å². The van der Waals surface area contributed by atoms with Gasteiger partial charge in [-0.25, -0.2) is 0 Å². The summed E-state index contributed by atoms with van der Waals surface area (Å²) in [5.41, 5.74) is 2.22. The smallest absolute Gasteiger partial charge is 0.307 e. The number of carbonyl (C=O) groups excluding carboxylic acids is 1. The lowest BCUT2D eigenvalue weighted by Gasteiger charge is -2.06. The maximum absolute atomic E-state index is 12.1. The van der Waals surface area contributed by atoms with Crippen molar-refractivity contribution in [3.8, 4) is 0 Å². The third kappa shape index (κ3) is 2.72. The molecule has 1 aromatic heterocycles. The number of nitrogens with zero attached hydrogens (tertiary/aromatic N) is 1. The maximum atomic E-state index is 12.1. The molecule has 2 aromatic rings. The summed E-state index contributed by atoms with van der Waals surface area (Å²) in [6.45, 7) is 3.63. The van der Waals surface area contributed by atoms with Crippen LogP contribution in [0.2, 0.25) is 5.02 Å². The molecule has 1 heterocycles. The van der Waals surface area contributed by atoms with Crippen molar-refractivity contribution in [1.82, 2.24) is 4.57 Å². The first-order valence-corrected chi connectivity index (χ1v) is 6.83. The molecule has 19 heavy (non-hydrogen) atoms. The quantitative estimate of drug-likeness (QED) is 0.926.